The molecule has 12 nitrogen and oxygen atoms in total. The van der Waals surface area contributed by atoms with E-state index < -0.39 is 57.6 Å². The lowest BCUT2D eigenvalue weighted by Gasteiger charge is -2.27. The predicted molar refractivity (Wildman–Crippen MR) is 120 cm³/mol. The second-order valence-electron chi connectivity index (χ2n) is 8.19. The van der Waals surface area contributed by atoms with Crippen LogP contribution in [0.3, 0.4) is 0 Å². The Kier molecular flexibility index (Phi) is 6.98. The molecule has 0 aliphatic carbocycles. The van der Waals surface area contributed by atoms with Crippen molar-refractivity contribution in [2.24, 2.45) is 0 Å². The first kappa shape index (κ1) is 24.5. The molecule has 13 heteroatoms. The zero-order valence-corrected chi connectivity index (χ0v) is 19.6. The van der Waals surface area contributed by atoms with E-state index in [2.05, 4.69) is 10.3 Å². The summed E-state index contributed by atoms with van der Waals surface area (Å²) in [5.41, 5.74) is -0.252. The highest BCUT2D eigenvalue weighted by Gasteiger charge is 2.55. The highest BCUT2D eigenvalue weighted by molar-refractivity contribution is 8.04. The highest BCUT2D eigenvalue weighted by atomic mass is 32.2. The van der Waals surface area contributed by atoms with Gasteiger partial charge in [0, 0.05) is 18.8 Å². The number of fused-ring (bicyclic) bond motifs is 1. The van der Waals surface area contributed by atoms with Gasteiger partial charge in [0.15, 0.2) is 11.5 Å². The number of ketones is 1. The van der Waals surface area contributed by atoms with Gasteiger partial charge in [-0.1, -0.05) is 19.4 Å². The number of aromatic nitrogens is 1. The zero-order chi connectivity index (χ0) is 25.2. The topological polar surface area (TPSA) is 156 Å². The highest BCUT2D eigenvalue weighted by Crippen LogP contribution is 2.33. The molecule has 2 amide bonds. The van der Waals surface area contributed by atoms with E-state index in [9.17, 15) is 27.6 Å². The van der Waals surface area contributed by atoms with Crippen molar-refractivity contribution in [2.45, 2.75) is 44.3 Å². The summed E-state index contributed by atoms with van der Waals surface area (Å²) in [5.74, 6) is -0.850. The van der Waals surface area contributed by atoms with Gasteiger partial charge < -0.3 is 19.4 Å². The van der Waals surface area contributed by atoms with Gasteiger partial charge in [0.05, 0.1) is 18.8 Å². The van der Waals surface area contributed by atoms with Gasteiger partial charge >= 0.3 is 11.2 Å². The molecule has 4 heterocycles. The minimum absolute atomic E-state index is 0.0996. The number of amides is 2. The molecule has 2 saturated heterocycles. The van der Waals surface area contributed by atoms with Gasteiger partial charge in [-0.2, -0.15) is 4.31 Å². The van der Waals surface area contributed by atoms with Crippen LogP contribution in [0.15, 0.2) is 47.4 Å². The molecule has 0 saturated carbocycles. The van der Waals surface area contributed by atoms with E-state index >= 15 is 0 Å². The summed E-state index contributed by atoms with van der Waals surface area (Å²) >= 11 is 0. The Morgan fingerprint density at radius 2 is 2.09 bits per heavy atom. The number of rotatable bonds is 7. The van der Waals surface area contributed by atoms with Crippen molar-refractivity contribution >= 4 is 32.9 Å². The van der Waals surface area contributed by atoms with Gasteiger partial charge in [-0.05, 0) is 25.0 Å². The summed E-state index contributed by atoms with van der Waals surface area (Å²) in [6, 6.07) is 2.85. The third-order valence-electron chi connectivity index (χ3n) is 5.95. The molecule has 186 valence electrons. The molecule has 2 aromatic rings. The van der Waals surface area contributed by atoms with E-state index in [-0.39, 0.29) is 30.8 Å². The Morgan fingerprint density at radius 3 is 2.74 bits per heavy atom. The molecule has 0 radical (unpaired) electrons. The van der Waals surface area contributed by atoms with Gasteiger partial charge in [0.1, 0.15) is 24.0 Å². The van der Waals surface area contributed by atoms with E-state index in [1.807, 2.05) is 6.92 Å². The fourth-order valence-electron chi connectivity index (χ4n) is 4.40. The molecule has 4 rings (SSSR count). The molecular formula is C22H24N4O8S. The Bertz CT molecular complexity index is 1220. The maximum atomic E-state index is 13.3. The van der Waals surface area contributed by atoms with Crippen LogP contribution in [0.25, 0.3) is 0 Å². The Balaban J connectivity index is 1.49. The molecule has 1 N–H and O–H groups in total. The largest absolute Gasteiger partial charge is 0.469 e. The maximum absolute atomic E-state index is 13.3. The molecule has 0 spiro atoms. The number of Topliss-reactive ketones (excluding diaryl/α,β-unsaturated/α-hetero) is 1. The summed E-state index contributed by atoms with van der Waals surface area (Å²) in [6.45, 7) is 1.41. The SMILES string of the molecule is CCCC(NC(=O)Oc1ccoc1)C(=O)N1CCC2C1C(=O)CN2S(=O)(=O)C(=O)c1ccccn1. The van der Waals surface area contributed by atoms with E-state index in [1.54, 1.807) is 6.07 Å². The minimum atomic E-state index is -4.53. The second kappa shape index (κ2) is 9.96. The number of nitrogens with one attached hydrogen (secondary N) is 1. The van der Waals surface area contributed by atoms with Crippen LogP contribution in [0.1, 0.15) is 36.7 Å². The van der Waals surface area contributed by atoms with E-state index in [0.717, 1.165) is 4.31 Å². The van der Waals surface area contributed by atoms with Crippen LogP contribution in [0.2, 0.25) is 0 Å². The van der Waals surface area contributed by atoms with Crippen molar-refractivity contribution in [1.82, 2.24) is 19.5 Å². The smallest absolute Gasteiger partial charge is 0.413 e. The Hall–Kier alpha value is -3.58. The van der Waals surface area contributed by atoms with E-state index in [0.29, 0.717) is 6.42 Å². The molecule has 0 bridgehead atoms. The lowest BCUT2D eigenvalue weighted by atomic mass is 10.1. The molecule has 3 atom stereocenters. The quantitative estimate of drug-likeness (QED) is 0.580. The average molecular weight is 505 g/mol. The first-order valence-electron chi connectivity index (χ1n) is 11.0. The van der Waals surface area contributed by atoms with Crippen molar-refractivity contribution in [1.29, 1.82) is 0 Å². The third kappa shape index (κ3) is 4.82. The number of hydrogen-bond acceptors (Lipinski definition) is 9. The second-order valence-corrected chi connectivity index (χ2v) is 9.98. The number of hydrogen-bond donors (Lipinski definition) is 1. The molecule has 2 aliphatic heterocycles. The number of carbonyl (C=O) groups excluding carboxylic acids is 4. The van der Waals surface area contributed by atoms with Crippen molar-refractivity contribution in [3.63, 3.8) is 0 Å². The summed E-state index contributed by atoms with van der Waals surface area (Å²) in [7, 11) is -4.53. The molecule has 3 unspecified atom stereocenters. The van der Waals surface area contributed by atoms with Crippen LogP contribution in [-0.2, 0) is 19.6 Å². The third-order valence-corrected chi connectivity index (χ3v) is 7.65. The first-order valence-corrected chi connectivity index (χ1v) is 12.5. The van der Waals surface area contributed by atoms with Crippen LogP contribution in [0.5, 0.6) is 5.75 Å². The maximum Gasteiger partial charge on any atom is 0.413 e. The summed E-state index contributed by atoms with van der Waals surface area (Å²) < 4.78 is 36.8. The number of ether oxygens (including phenoxy) is 1. The number of likely N-dealkylation sites (tertiary alicyclic amines) is 1. The lowest BCUT2D eigenvalue weighted by molar-refractivity contribution is -0.138. The lowest BCUT2D eigenvalue weighted by Crippen LogP contribution is -2.53. The van der Waals surface area contributed by atoms with Gasteiger partial charge in [-0.25, -0.2) is 13.2 Å². The van der Waals surface area contributed by atoms with Crippen LogP contribution in [0, 0.1) is 0 Å². The van der Waals surface area contributed by atoms with Crippen LogP contribution in [0.4, 0.5) is 4.79 Å². The van der Waals surface area contributed by atoms with E-state index in [4.69, 9.17) is 9.15 Å². The van der Waals surface area contributed by atoms with Gasteiger partial charge in [-0.3, -0.25) is 19.4 Å². The fraction of sp³-hybridized carbons (Fsp3) is 0.409. The number of nitrogens with zero attached hydrogens (tertiary/aromatic N) is 3. The molecule has 2 fully saturated rings. The fourth-order valence-corrected chi connectivity index (χ4v) is 5.87. The van der Waals surface area contributed by atoms with Crippen molar-refractivity contribution < 1.29 is 36.7 Å². The van der Waals surface area contributed by atoms with Crippen LogP contribution < -0.4 is 10.1 Å². The van der Waals surface area contributed by atoms with Crippen LogP contribution >= 0.6 is 0 Å². The molecule has 0 aromatic carbocycles. The van der Waals surface area contributed by atoms with Crippen LogP contribution in [-0.4, -0.2) is 76.7 Å². The van der Waals surface area contributed by atoms with Gasteiger partial charge in [0.25, 0.3) is 10.0 Å². The van der Waals surface area contributed by atoms with Crippen molar-refractivity contribution in [3.8, 4) is 5.75 Å². The average Bonchev–Trinajstić information content (AvgIpc) is 3.57. The summed E-state index contributed by atoms with van der Waals surface area (Å²) in [6.07, 6.45) is 3.99. The number of pyridine rings is 1. The summed E-state index contributed by atoms with van der Waals surface area (Å²) in [4.78, 5) is 56.2. The molecule has 35 heavy (non-hydrogen) atoms. The monoisotopic (exact) mass is 504 g/mol. The van der Waals surface area contributed by atoms with Crippen molar-refractivity contribution in [3.05, 3.63) is 48.7 Å². The number of carbonyl (C=O) groups is 4. The zero-order valence-electron chi connectivity index (χ0n) is 18.8. The normalized spacial score (nSPS) is 20.9. The predicted octanol–water partition coefficient (Wildman–Crippen LogP) is 0.956. The Labute approximate surface area is 201 Å². The standard InChI is InChI=1S/C22H24N4O8S/c1-2-5-15(24-22(30)34-14-8-11-33-13-14)20(28)25-10-7-17-19(25)18(27)12-26(17)35(31,32)21(29)16-6-3-4-9-23-16/h3-4,6,8-9,11,13,15,17,19H,2,5,7,10,12H2,1H3,(H,24,30). The summed E-state index contributed by atoms with van der Waals surface area (Å²) in [5, 5.41) is 1.30. The number of furan rings is 1. The van der Waals surface area contributed by atoms with Crippen molar-refractivity contribution in [2.75, 3.05) is 13.1 Å². The van der Waals surface area contributed by atoms with Gasteiger partial charge in [0.2, 0.25) is 5.91 Å². The van der Waals surface area contributed by atoms with Gasteiger partial charge in [-0.15, -0.1) is 0 Å². The first-order chi connectivity index (χ1) is 16.7. The molecule has 2 aromatic heterocycles. The molecule has 2 aliphatic rings. The Morgan fingerprint density at radius 1 is 1.29 bits per heavy atom. The van der Waals surface area contributed by atoms with E-state index in [1.165, 1.54) is 41.8 Å². The minimum Gasteiger partial charge on any atom is -0.469 e. The number of sulfonamides is 1. The molecular weight excluding hydrogens is 480 g/mol.